The lowest BCUT2D eigenvalue weighted by molar-refractivity contribution is -0.161. The Morgan fingerprint density at radius 1 is 0.284 bits per heavy atom. The fourth-order valence-corrected chi connectivity index (χ4v) is 13.3. The highest BCUT2D eigenvalue weighted by Gasteiger charge is 2.30. The van der Waals surface area contributed by atoms with Gasteiger partial charge in [-0.3, -0.25) is 37.3 Å². The van der Waals surface area contributed by atoms with E-state index in [2.05, 4.69) is 34.6 Å². The number of carbonyl (C=O) groups excluding carboxylic acids is 4. The molecule has 0 bridgehead atoms. The molecule has 3 N–H and O–H groups in total. The summed E-state index contributed by atoms with van der Waals surface area (Å²) in [6, 6.07) is 0. The van der Waals surface area contributed by atoms with E-state index in [9.17, 15) is 43.2 Å². The van der Waals surface area contributed by atoms with Gasteiger partial charge in [0.2, 0.25) is 0 Å². The third-order valence-electron chi connectivity index (χ3n) is 17.8. The topological polar surface area (TPSA) is 237 Å². The highest BCUT2D eigenvalue weighted by Crippen LogP contribution is 2.45. The van der Waals surface area contributed by atoms with Crippen molar-refractivity contribution in [1.29, 1.82) is 0 Å². The second kappa shape index (κ2) is 69.2. The molecule has 0 aliphatic rings. The fraction of sp³-hybridized carbons (Fsp3) is 0.947. The third-order valence-corrected chi connectivity index (χ3v) is 19.7. The average Bonchev–Trinajstić information content (AvgIpc) is 1.69. The first-order chi connectivity index (χ1) is 46.0. The Kier molecular flexibility index (Phi) is 67.7. The number of phosphoric acid groups is 2. The molecule has 2 unspecified atom stereocenters. The average molecular weight is 1400 g/mol. The summed E-state index contributed by atoms with van der Waals surface area (Å²) in [7, 11) is -9.91. The molecule has 0 aliphatic heterocycles. The first-order valence-corrected chi connectivity index (χ1v) is 42.6. The van der Waals surface area contributed by atoms with Crippen LogP contribution >= 0.6 is 15.6 Å². The van der Waals surface area contributed by atoms with Crippen LogP contribution in [0.4, 0.5) is 0 Å². The van der Waals surface area contributed by atoms with Gasteiger partial charge in [-0.1, -0.05) is 349 Å². The first-order valence-electron chi connectivity index (χ1n) is 39.6. The Bertz CT molecular complexity index is 1820. The molecule has 0 aromatic carbocycles. The molecule has 0 rings (SSSR count). The third kappa shape index (κ3) is 70.3. The second-order valence-electron chi connectivity index (χ2n) is 27.9. The van der Waals surface area contributed by atoms with E-state index >= 15 is 0 Å². The number of aliphatic hydroxyl groups is 1. The van der Waals surface area contributed by atoms with Crippen LogP contribution in [0.5, 0.6) is 0 Å². The largest absolute Gasteiger partial charge is 0.472 e. The SMILES string of the molecule is CCCCCCCCCCCCCCCCCCCCC(=O)O[C@H](COC(=O)CCCCCCCCCCCCCCCCC(C)C)COP(=O)(O)OC[C@@H](O)COP(=O)(O)OC[C@@H](COC(=O)CCCCCCCCCCC)OC(=O)CCCCCCCCCCCCC. The molecule has 0 aromatic heterocycles. The number of carbonyl (C=O) groups is 4. The fourth-order valence-electron chi connectivity index (χ4n) is 11.7. The number of hydrogen-bond acceptors (Lipinski definition) is 15. The Morgan fingerprint density at radius 3 is 0.716 bits per heavy atom. The van der Waals surface area contributed by atoms with Gasteiger partial charge in [0, 0.05) is 25.7 Å². The summed E-state index contributed by atoms with van der Waals surface area (Å²) >= 11 is 0. The Hall–Kier alpha value is -1.94. The van der Waals surface area contributed by atoms with Gasteiger partial charge in [0.1, 0.15) is 19.3 Å². The minimum Gasteiger partial charge on any atom is -0.462 e. The Labute approximate surface area is 581 Å². The van der Waals surface area contributed by atoms with Gasteiger partial charge in [0.25, 0.3) is 0 Å². The zero-order valence-corrected chi connectivity index (χ0v) is 63.6. The molecule has 0 radical (unpaired) electrons. The van der Waals surface area contributed by atoms with Gasteiger partial charge in [0.15, 0.2) is 12.2 Å². The van der Waals surface area contributed by atoms with Crippen molar-refractivity contribution in [2.45, 2.75) is 419 Å². The van der Waals surface area contributed by atoms with Crippen molar-refractivity contribution in [2.75, 3.05) is 39.6 Å². The number of unbranched alkanes of at least 4 members (excludes halogenated alkanes) is 48. The lowest BCUT2D eigenvalue weighted by Gasteiger charge is -2.21. The van der Waals surface area contributed by atoms with Gasteiger partial charge in [-0.05, 0) is 31.6 Å². The van der Waals surface area contributed by atoms with Crippen LogP contribution in [-0.2, 0) is 65.4 Å². The van der Waals surface area contributed by atoms with Gasteiger partial charge in [-0.25, -0.2) is 9.13 Å². The summed E-state index contributed by atoms with van der Waals surface area (Å²) in [5.41, 5.74) is 0. The van der Waals surface area contributed by atoms with Crippen molar-refractivity contribution in [2.24, 2.45) is 5.92 Å². The molecule has 0 amide bonds. The molecule has 0 aliphatic carbocycles. The maximum Gasteiger partial charge on any atom is 0.472 e. The summed E-state index contributed by atoms with van der Waals surface area (Å²) in [4.78, 5) is 72.7. The van der Waals surface area contributed by atoms with Crippen molar-refractivity contribution < 1.29 is 80.2 Å². The number of hydrogen-bond donors (Lipinski definition) is 3. The summed E-state index contributed by atoms with van der Waals surface area (Å²) in [5, 5.41) is 10.6. The van der Waals surface area contributed by atoms with E-state index in [4.69, 9.17) is 37.0 Å². The van der Waals surface area contributed by atoms with Crippen molar-refractivity contribution in [1.82, 2.24) is 0 Å². The molecule has 0 spiro atoms. The normalized spacial score (nSPS) is 13.9. The molecule has 564 valence electrons. The second-order valence-corrected chi connectivity index (χ2v) is 30.8. The quantitative estimate of drug-likeness (QED) is 0.0222. The number of aliphatic hydroxyl groups excluding tert-OH is 1. The maximum absolute atomic E-state index is 13.1. The Balaban J connectivity index is 5.21. The molecular weight excluding hydrogens is 1250 g/mol. The zero-order chi connectivity index (χ0) is 69.8. The summed E-state index contributed by atoms with van der Waals surface area (Å²) < 4.78 is 68.5. The summed E-state index contributed by atoms with van der Waals surface area (Å²) in [5.74, 6) is -1.31. The first kappa shape index (κ1) is 93.1. The van der Waals surface area contributed by atoms with Crippen molar-refractivity contribution in [3.05, 3.63) is 0 Å². The molecule has 0 heterocycles. The highest BCUT2D eigenvalue weighted by atomic mass is 31.2. The Morgan fingerprint density at radius 2 is 0.484 bits per heavy atom. The molecular formula is C76H148O17P2. The van der Waals surface area contributed by atoms with Crippen molar-refractivity contribution >= 4 is 39.5 Å². The molecule has 5 atom stereocenters. The smallest absolute Gasteiger partial charge is 0.462 e. The predicted octanol–water partition coefficient (Wildman–Crippen LogP) is 22.5. The lowest BCUT2D eigenvalue weighted by Crippen LogP contribution is -2.30. The van der Waals surface area contributed by atoms with E-state index in [0.717, 1.165) is 95.8 Å². The minimum atomic E-state index is -4.96. The van der Waals surface area contributed by atoms with Crippen LogP contribution in [0, 0.1) is 5.92 Å². The van der Waals surface area contributed by atoms with Crippen LogP contribution in [0.3, 0.4) is 0 Å². The summed E-state index contributed by atoms with van der Waals surface area (Å²) in [6.07, 6.45) is 58.2. The van der Waals surface area contributed by atoms with Gasteiger partial charge >= 0.3 is 39.5 Å². The van der Waals surface area contributed by atoms with Crippen LogP contribution in [-0.4, -0.2) is 96.7 Å². The van der Waals surface area contributed by atoms with E-state index in [1.165, 1.54) is 225 Å². The van der Waals surface area contributed by atoms with Crippen LogP contribution in [0.2, 0.25) is 0 Å². The van der Waals surface area contributed by atoms with Gasteiger partial charge < -0.3 is 33.8 Å². The minimum absolute atomic E-state index is 0.107. The summed E-state index contributed by atoms with van der Waals surface area (Å²) in [6.45, 7) is 7.30. The van der Waals surface area contributed by atoms with E-state index in [-0.39, 0.29) is 25.7 Å². The van der Waals surface area contributed by atoms with Gasteiger partial charge in [-0.15, -0.1) is 0 Å². The number of rotatable bonds is 76. The van der Waals surface area contributed by atoms with Crippen molar-refractivity contribution in [3.63, 3.8) is 0 Å². The predicted molar refractivity (Wildman–Crippen MR) is 386 cm³/mol. The van der Waals surface area contributed by atoms with Crippen molar-refractivity contribution in [3.8, 4) is 0 Å². The molecule has 0 saturated carbocycles. The maximum atomic E-state index is 13.1. The molecule has 17 nitrogen and oxygen atoms in total. The molecule has 0 aromatic rings. The molecule has 95 heavy (non-hydrogen) atoms. The molecule has 0 fully saturated rings. The molecule has 0 saturated heterocycles. The monoisotopic (exact) mass is 1400 g/mol. The van der Waals surface area contributed by atoms with Crippen LogP contribution in [0.1, 0.15) is 401 Å². The standard InChI is InChI=1S/C76H148O17P2/c1-6-9-12-15-18-21-23-24-25-26-27-28-33-37-42-47-52-57-62-76(81)93-72(66-87-74(79)60-55-50-45-40-36-32-30-29-31-35-39-43-48-53-58-69(4)5)68-91-95(84,85)89-64-70(77)63-88-94(82,83)90-67-71(65-86-73(78)59-54-49-44-38-20-17-14-11-8-3)92-75(80)61-56-51-46-41-34-22-19-16-13-10-7-2/h69-72,77H,6-68H2,1-5H3,(H,82,83)(H,84,85)/t70-,71+,72+/m0/s1. The molecule has 19 heteroatoms. The van der Waals surface area contributed by atoms with E-state index in [0.29, 0.717) is 25.7 Å². The van der Waals surface area contributed by atoms with Gasteiger partial charge in [-0.2, -0.15) is 0 Å². The van der Waals surface area contributed by atoms with Gasteiger partial charge in [0.05, 0.1) is 26.4 Å². The number of ether oxygens (including phenoxy) is 4. The van der Waals surface area contributed by atoms with E-state index in [1.54, 1.807) is 0 Å². The van der Waals surface area contributed by atoms with Crippen LogP contribution < -0.4 is 0 Å². The van der Waals surface area contributed by atoms with Crippen LogP contribution in [0.25, 0.3) is 0 Å². The van der Waals surface area contributed by atoms with E-state index in [1.807, 2.05) is 0 Å². The number of phosphoric ester groups is 2. The van der Waals surface area contributed by atoms with E-state index < -0.39 is 97.5 Å². The number of esters is 4. The lowest BCUT2D eigenvalue weighted by atomic mass is 10.0. The highest BCUT2D eigenvalue weighted by molar-refractivity contribution is 7.47. The zero-order valence-electron chi connectivity index (χ0n) is 61.8. The van der Waals surface area contributed by atoms with Crippen LogP contribution in [0.15, 0.2) is 0 Å².